The van der Waals surface area contributed by atoms with E-state index in [4.69, 9.17) is 38.5 Å². The molecule has 16 nitrogen and oxygen atoms in total. The molecule has 2 aromatic carbocycles. The number of oxazole rings is 1. The molecule has 67 heavy (non-hydrogen) atoms. The standard InChI is InChI=1S/C49H51N7O9S2/c1-25(2)43(58)28-16-29-37(18-35(28)57)63-21-33-40(52-56(41(29)33)27-11-15-67-24-27)47(60)54-12-13-62-44(49(54,6)7)34-22-65-45(50-34)31-17-30-38(19-36(31)61-9)64-20-32-39(46(59)53(8)48(3,4)5)51-55(42(30)32)26-10-14-66-23-26/h10-11,14-19,22-25,43-44,57-58H,12-13,20-21H2,1-9H3. The van der Waals surface area contributed by atoms with Crippen LogP contribution >= 0.6 is 22.7 Å². The number of carbonyl (C=O) groups excluding carboxylic acids is 2. The van der Waals surface area contributed by atoms with Crippen LogP contribution in [-0.4, -0.2) is 94.8 Å². The van der Waals surface area contributed by atoms with Crippen LogP contribution in [0.25, 0.3) is 45.3 Å². The third-order valence-corrected chi connectivity index (χ3v) is 14.4. The zero-order valence-electron chi connectivity index (χ0n) is 38.6. The molecule has 2 N–H and O–H groups in total. The highest BCUT2D eigenvalue weighted by Crippen LogP contribution is 2.49. The maximum absolute atomic E-state index is 15.0. The number of thiophene rings is 2. The first-order chi connectivity index (χ1) is 32.0. The minimum Gasteiger partial charge on any atom is -0.507 e. The van der Waals surface area contributed by atoms with Crippen molar-refractivity contribution in [3.8, 4) is 68.3 Å². The van der Waals surface area contributed by atoms with E-state index >= 15 is 4.79 Å². The van der Waals surface area contributed by atoms with Crippen molar-refractivity contribution in [3.05, 3.63) is 98.0 Å². The van der Waals surface area contributed by atoms with Gasteiger partial charge in [-0.15, -0.1) is 0 Å². The Kier molecular flexibility index (Phi) is 10.9. The molecule has 1 saturated heterocycles. The molecule has 3 aliphatic rings. The normalized spacial score (nSPS) is 16.6. The first-order valence-corrected chi connectivity index (χ1v) is 23.9. The van der Waals surface area contributed by atoms with Crippen molar-refractivity contribution in [1.29, 1.82) is 0 Å². The van der Waals surface area contributed by atoms with E-state index in [1.807, 2.05) is 88.2 Å². The van der Waals surface area contributed by atoms with Crippen LogP contribution in [0.2, 0.25) is 0 Å². The second kappa shape index (κ2) is 16.4. The minimum absolute atomic E-state index is 0.0364. The van der Waals surface area contributed by atoms with E-state index in [0.717, 1.165) is 17.1 Å². The monoisotopic (exact) mass is 945 g/mol. The van der Waals surface area contributed by atoms with Gasteiger partial charge in [0.2, 0.25) is 5.89 Å². The van der Waals surface area contributed by atoms with Crippen LogP contribution in [-0.2, 0) is 18.0 Å². The lowest BCUT2D eigenvalue weighted by atomic mass is 9.90. The Morgan fingerprint density at radius 1 is 0.910 bits per heavy atom. The summed E-state index contributed by atoms with van der Waals surface area (Å²) in [5.74, 6) is 0.914. The predicted octanol–water partition coefficient (Wildman–Crippen LogP) is 9.22. The summed E-state index contributed by atoms with van der Waals surface area (Å²) in [6, 6.07) is 10.8. The number of benzene rings is 2. The number of ether oxygens (including phenoxy) is 4. The fourth-order valence-corrected chi connectivity index (χ4v) is 10.2. The molecule has 7 aromatic rings. The summed E-state index contributed by atoms with van der Waals surface area (Å²) < 4.78 is 34.7. The minimum atomic E-state index is -0.963. The van der Waals surface area contributed by atoms with Crippen LogP contribution < -0.4 is 14.2 Å². The summed E-state index contributed by atoms with van der Waals surface area (Å²) in [5, 5.41) is 39.7. The number of hydrogen-bond donors (Lipinski definition) is 2. The van der Waals surface area contributed by atoms with Crippen molar-refractivity contribution < 1.29 is 43.2 Å². The SMILES string of the molecule is COc1cc2c(cc1-c1nc(C3OCCN(C(=O)c4nn(-c5ccsc5)c5c4COc4cc(O)c(C(O)C(C)C)cc4-5)C3(C)C)co1)-c1c(c(C(=O)N(C)C(C)(C)C)nn1-c1ccsc1)CO2. The molecule has 1 fully saturated rings. The number of fused-ring (bicyclic) bond motifs is 6. The fourth-order valence-electron chi connectivity index (χ4n) is 9.02. The van der Waals surface area contributed by atoms with Crippen molar-refractivity contribution >= 4 is 34.5 Å². The average Bonchev–Trinajstić information content (AvgIpc) is 4.16. The molecule has 2 atom stereocenters. The Balaban J connectivity index is 1.00. The van der Waals surface area contributed by atoms with Crippen LogP contribution in [0.3, 0.4) is 0 Å². The molecule has 0 spiro atoms. The van der Waals surface area contributed by atoms with E-state index in [1.54, 1.807) is 51.7 Å². The summed E-state index contributed by atoms with van der Waals surface area (Å²) in [6.07, 6.45) is -0.106. The first-order valence-electron chi connectivity index (χ1n) is 22.0. The zero-order valence-corrected chi connectivity index (χ0v) is 40.2. The quantitative estimate of drug-likeness (QED) is 0.140. The van der Waals surface area contributed by atoms with Gasteiger partial charge in [0.15, 0.2) is 11.4 Å². The number of aromatic hydroxyl groups is 1. The fraction of sp³-hybridized carbons (Fsp3) is 0.367. The van der Waals surface area contributed by atoms with Crippen molar-refractivity contribution in [2.45, 2.75) is 85.0 Å². The van der Waals surface area contributed by atoms with Crippen molar-refractivity contribution in [2.24, 2.45) is 5.92 Å². The second-order valence-corrected chi connectivity index (χ2v) is 20.4. The Morgan fingerprint density at radius 3 is 2.12 bits per heavy atom. The number of aliphatic hydroxyl groups excluding tert-OH is 1. The van der Waals surface area contributed by atoms with E-state index in [9.17, 15) is 15.0 Å². The molecule has 348 valence electrons. The van der Waals surface area contributed by atoms with Gasteiger partial charge >= 0.3 is 0 Å². The number of rotatable bonds is 9. The van der Waals surface area contributed by atoms with Crippen LogP contribution in [0.4, 0.5) is 0 Å². The molecule has 2 amide bonds. The number of aliphatic hydroxyl groups is 1. The van der Waals surface area contributed by atoms with Gasteiger partial charge in [0, 0.05) is 69.8 Å². The smallest absolute Gasteiger partial charge is 0.275 e. The molecule has 18 heteroatoms. The Hall–Kier alpha value is -6.47. The van der Waals surface area contributed by atoms with Gasteiger partial charge in [-0.3, -0.25) is 9.59 Å². The predicted molar refractivity (Wildman–Crippen MR) is 252 cm³/mol. The van der Waals surface area contributed by atoms with E-state index in [2.05, 4.69) is 0 Å². The molecule has 0 bridgehead atoms. The molecule has 10 rings (SSSR count). The number of aromatic nitrogens is 5. The number of phenolic OH excluding ortho intramolecular Hbond substituents is 1. The Bertz CT molecular complexity index is 3050. The topological polar surface area (TPSA) is 180 Å². The summed E-state index contributed by atoms with van der Waals surface area (Å²) in [6.45, 7) is 14.2. The highest BCUT2D eigenvalue weighted by Gasteiger charge is 2.47. The maximum Gasteiger partial charge on any atom is 0.275 e. The molecular formula is C49H51N7O9S2. The Labute approximate surface area is 394 Å². The molecular weight excluding hydrogens is 895 g/mol. The molecule has 3 aliphatic heterocycles. The van der Waals surface area contributed by atoms with Crippen LogP contribution in [0, 0.1) is 5.92 Å². The highest BCUT2D eigenvalue weighted by molar-refractivity contribution is 7.08. The molecule has 0 aliphatic carbocycles. The van der Waals surface area contributed by atoms with E-state index in [0.29, 0.717) is 67.7 Å². The summed E-state index contributed by atoms with van der Waals surface area (Å²) in [5.41, 5.74) is 5.97. The van der Waals surface area contributed by atoms with Gasteiger partial charge in [0.1, 0.15) is 54.3 Å². The maximum atomic E-state index is 15.0. The third kappa shape index (κ3) is 7.28. The number of amides is 2. The molecule has 5 aromatic heterocycles. The van der Waals surface area contributed by atoms with Crippen LogP contribution in [0.15, 0.2) is 68.6 Å². The van der Waals surface area contributed by atoms with Gasteiger partial charge < -0.3 is 43.4 Å². The molecule has 0 saturated carbocycles. The summed E-state index contributed by atoms with van der Waals surface area (Å²) in [4.78, 5) is 37.5. The van der Waals surface area contributed by atoms with Gasteiger partial charge in [-0.2, -0.15) is 32.9 Å². The highest BCUT2D eigenvalue weighted by atomic mass is 32.1. The van der Waals surface area contributed by atoms with Gasteiger partial charge in [-0.05, 0) is 75.6 Å². The number of phenols is 1. The first kappa shape index (κ1) is 44.4. The number of carbonyl (C=O) groups is 2. The molecule has 8 heterocycles. The van der Waals surface area contributed by atoms with Crippen molar-refractivity contribution in [2.75, 3.05) is 27.3 Å². The third-order valence-electron chi connectivity index (χ3n) is 13.0. The van der Waals surface area contributed by atoms with Gasteiger partial charge in [0.25, 0.3) is 11.8 Å². The lowest BCUT2D eigenvalue weighted by Crippen LogP contribution is -2.57. The molecule has 0 radical (unpaired) electrons. The van der Waals surface area contributed by atoms with Crippen LogP contribution in [0.1, 0.15) is 104 Å². The number of nitrogens with zero attached hydrogens (tertiary/aromatic N) is 7. The number of morpholine rings is 1. The largest absolute Gasteiger partial charge is 0.507 e. The van der Waals surface area contributed by atoms with Gasteiger partial charge in [-0.25, -0.2) is 14.3 Å². The number of hydrogen-bond acceptors (Lipinski definition) is 14. The van der Waals surface area contributed by atoms with E-state index < -0.39 is 23.3 Å². The molecule has 2 unspecified atom stereocenters. The average molecular weight is 946 g/mol. The summed E-state index contributed by atoms with van der Waals surface area (Å²) in [7, 11) is 3.34. The second-order valence-electron chi connectivity index (χ2n) is 18.8. The van der Waals surface area contributed by atoms with Crippen LogP contribution in [0.5, 0.6) is 23.0 Å². The van der Waals surface area contributed by atoms with Crippen molar-refractivity contribution in [1.82, 2.24) is 34.3 Å². The lowest BCUT2D eigenvalue weighted by molar-refractivity contribution is -0.101. The van der Waals surface area contributed by atoms with Gasteiger partial charge in [0.05, 0.1) is 53.7 Å². The zero-order chi connectivity index (χ0) is 47.3. The van der Waals surface area contributed by atoms with Crippen molar-refractivity contribution in [3.63, 3.8) is 0 Å². The number of methoxy groups -OCH3 is 1. The van der Waals surface area contributed by atoms with E-state index in [1.165, 1.54) is 28.7 Å². The Morgan fingerprint density at radius 2 is 1.52 bits per heavy atom. The lowest BCUT2D eigenvalue weighted by Gasteiger charge is -2.46. The van der Waals surface area contributed by atoms with Gasteiger partial charge in [-0.1, -0.05) is 13.8 Å². The van der Waals surface area contributed by atoms with E-state index in [-0.39, 0.29) is 61.4 Å². The summed E-state index contributed by atoms with van der Waals surface area (Å²) >= 11 is 3.03.